The molecule has 0 atom stereocenters. The van der Waals surface area contributed by atoms with Crippen LogP contribution in [-0.4, -0.2) is 15.0 Å². The monoisotopic (exact) mass is 475 g/mol. The average molecular weight is 476 g/mol. The van der Waals surface area contributed by atoms with E-state index in [4.69, 9.17) is 9.47 Å². The zero-order valence-corrected chi connectivity index (χ0v) is 20.7. The van der Waals surface area contributed by atoms with Crippen LogP contribution in [0.1, 0.15) is 44.4 Å². The Kier molecular flexibility index (Phi) is 7.80. The predicted octanol–water partition coefficient (Wildman–Crippen LogP) is 6.30. The molecule has 5 nitrogen and oxygen atoms in total. The molecule has 0 aliphatic heterocycles. The van der Waals surface area contributed by atoms with Crippen LogP contribution in [0.15, 0.2) is 82.6 Å². The van der Waals surface area contributed by atoms with Gasteiger partial charge in [-0.2, -0.15) is 5.26 Å². The number of ether oxygens (including phenoxy) is 2. The van der Waals surface area contributed by atoms with Crippen LogP contribution >= 0.6 is 0 Å². The van der Waals surface area contributed by atoms with Gasteiger partial charge in [0.05, 0.1) is 11.5 Å². The van der Waals surface area contributed by atoms with Crippen molar-refractivity contribution in [1.82, 2.24) is 0 Å². The molecule has 0 bridgehead atoms. The van der Waals surface area contributed by atoms with Gasteiger partial charge in [0.15, 0.2) is 11.5 Å². The molecule has 0 unspecified atom stereocenters. The number of allylic oxidation sites excluding steroid dienone is 1. The van der Waals surface area contributed by atoms with Gasteiger partial charge in [-0.15, -0.1) is 0 Å². The minimum absolute atomic E-state index is 0.0743. The number of benzene rings is 3. The Morgan fingerprint density at radius 2 is 1.62 bits per heavy atom. The second-order valence-corrected chi connectivity index (χ2v) is 10.7. The maximum atomic E-state index is 12.8. The molecule has 3 rings (SSSR count). The van der Waals surface area contributed by atoms with Crippen molar-refractivity contribution in [2.24, 2.45) is 0 Å². The summed E-state index contributed by atoms with van der Waals surface area (Å²) in [7, 11) is -3.92. The molecule has 3 aromatic carbocycles. The Labute approximate surface area is 202 Å². The minimum Gasteiger partial charge on any atom is -0.490 e. The van der Waals surface area contributed by atoms with Crippen LogP contribution in [0.5, 0.6) is 11.5 Å². The highest BCUT2D eigenvalue weighted by molar-refractivity contribution is 7.95. The highest BCUT2D eigenvalue weighted by Crippen LogP contribution is 2.31. The van der Waals surface area contributed by atoms with E-state index < -0.39 is 9.84 Å². The normalized spacial score (nSPS) is 12.1. The number of nitriles is 1. The summed E-state index contributed by atoms with van der Waals surface area (Å²) in [6, 6.07) is 23.1. The topological polar surface area (TPSA) is 76.4 Å². The van der Waals surface area contributed by atoms with Crippen LogP contribution in [0.4, 0.5) is 0 Å². The summed E-state index contributed by atoms with van der Waals surface area (Å²) in [4.78, 5) is -0.265. The Balaban J connectivity index is 1.84. The third-order valence-corrected chi connectivity index (χ3v) is 6.91. The van der Waals surface area contributed by atoms with Crippen molar-refractivity contribution in [3.63, 3.8) is 0 Å². The van der Waals surface area contributed by atoms with E-state index in [1.807, 2.05) is 25.1 Å². The summed E-state index contributed by atoms with van der Waals surface area (Å²) in [6.07, 6.45) is 1.35. The zero-order valence-electron chi connectivity index (χ0n) is 19.9. The van der Waals surface area contributed by atoms with E-state index in [-0.39, 0.29) is 15.2 Å². The second kappa shape index (κ2) is 10.6. The highest BCUT2D eigenvalue weighted by atomic mass is 32.2. The van der Waals surface area contributed by atoms with E-state index in [2.05, 4.69) is 32.9 Å². The van der Waals surface area contributed by atoms with Crippen molar-refractivity contribution >= 4 is 15.9 Å². The van der Waals surface area contributed by atoms with E-state index in [0.29, 0.717) is 30.3 Å². The fourth-order valence-electron chi connectivity index (χ4n) is 3.31. The Bertz CT molecular complexity index is 1300. The van der Waals surface area contributed by atoms with Gasteiger partial charge < -0.3 is 9.47 Å². The molecule has 0 aliphatic carbocycles. The maximum Gasteiger partial charge on any atom is 0.216 e. The van der Waals surface area contributed by atoms with Crippen LogP contribution in [-0.2, 0) is 21.9 Å². The quantitative estimate of drug-likeness (QED) is 0.357. The number of hydrogen-bond acceptors (Lipinski definition) is 5. The largest absolute Gasteiger partial charge is 0.490 e. The third-order valence-electron chi connectivity index (χ3n) is 5.23. The third kappa shape index (κ3) is 6.06. The van der Waals surface area contributed by atoms with E-state index >= 15 is 0 Å². The summed E-state index contributed by atoms with van der Waals surface area (Å²) in [6.45, 7) is 9.16. The summed E-state index contributed by atoms with van der Waals surface area (Å²) >= 11 is 0. The van der Waals surface area contributed by atoms with Gasteiger partial charge >= 0.3 is 0 Å². The lowest BCUT2D eigenvalue weighted by molar-refractivity contribution is 0.269. The van der Waals surface area contributed by atoms with E-state index in [1.54, 1.807) is 36.4 Å². The van der Waals surface area contributed by atoms with Gasteiger partial charge in [0.1, 0.15) is 17.6 Å². The zero-order chi connectivity index (χ0) is 24.8. The first-order valence-electron chi connectivity index (χ1n) is 11.1. The Morgan fingerprint density at radius 3 is 2.21 bits per heavy atom. The summed E-state index contributed by atoms with van der Waals surface area (Å²) in [5.41, 5.74) is 2.89. The molecule has 176 valence electrons. The van der Waals surface area contributed by atoms with Crippen LogP contribution in [0.2, 0.25) is 0 Å². The molecule has 0 amide bonds. The van der Waals surface area contributed by atoms with Crippen LogP contribution in [0, 0.1) is 11.3 Å². The first kappa shape index (κ1) is 25.1. The number of sulfone groups is 1. The smallest absolute Gasteiger partial charge is 0.216 e. The van der Waals surface area contributed by atoms with E-state index in [9.17, 15) is 13.7 Å². The SMILES string of the molecule is CCOc1cc(C=C(C#N)S(=O)(=O)c2ccccc2)ccc1OCc1ccc(C(C)(C)C)cc1. The molecular formula is C28H29NO4S. The molecule has 0 spiro atoms. The van der Waals surface area contributed by atoms with Gasteiger partial charge in [0, 0.05) is 0 Å². The molecule has 6 heteroatoms. The van der Waals surface area contributed by atoms with Crippen molar-refractivity contribution in [3.8, 4) is 17.6 Å². The first-order chi connectivity index (χ1) is 16.1. The maximum absolute atomic E-state index is 12.8. The number of hydrogen-bond donors (Lipinski definition) is 0. The molecular weight excluding hydrogens is 446 g/mol. The summed E-state index contributed by atoms with van der Waals surface area (Å²) in [5.74, 6) is 1.03. The fraction of sp³-hybridized carbons (Fsp3) is 0.250. The van der Waals surface area contributed by atoms with Gasteiger partial charge in [0.25, 0.3) is 0 Å². The lowest BCUT2D eigenvalue weighted by Crippen LogP contribution is -2.10. The molecule has 0 heterocycles. The molecule has 0 saturated carbocycles. The lowest BCUT2D eigenvalue weighted by atomic mass is 9.87. The molecule has 0 aromatic heterocycles. The van der Waals surface area contributed by atoms with Crippen molar-refractivity contribution in [2.75, 3.05) is 6.61 Å². The second-order valence-electron chi connectivity index (χ2n) is 8.81. The van der Waals surface area contributed by atoms with E-state index in [1.165, 1.54) is 23.8 Å². The molecule has 3 aromatic rings. The average Bonchev–Trinajstić information content (AvgIpc) is 2.82. The molecule has 0 radical (unpaired) electrons. The lowest BCUT2D eigenvalue weighted by Gasteiger charge is -2.19. The number of rotatable bonds is 8. The van der Waals surface area contributed by atoms with Gasteiger partial charge in [-0.1, -0.05) is 69.3 Å². The van der Waals surface area contributed by atoms with Crippen LogP contribution in [0.3, 0.4) is 0 Å². The Hall–Kier alpha value is -3.56. The molecule has 34 heavy (non-hydrogen) atoms. The van der Waals surface area contributed by atoms with Crippen molar-refractivity contribution < 1.29 is 17.9 Å². The predicted molar refractivity (Wildman–Crippen MR) is 134 cm³/mol. The standard InChI is InChI=1S/C28H29NO4S/c1-5-32-27-18-22(17-25(19-29)34(30,31)24-9-7-6-8-10-24)13-16-26(27)33-20-21-11-14-23(15-12-21)28(2,3)4/h6-18H,5,20H2,1-4H3. The molecule has 0 saturated heterocycles. The fourth-order valence-corrected chi connectivity index (χ4v) is 4.49. The highest BCUT2D eigenvalue weighted by Gasteiger charge is 2.21. The van der Waals surface area contributed by atoms with Crippen LogP contribution < -0.4 is 9.47 Å². The first-order valence-corrected chi connectivity index (χ1v) is 12.5. The van der Waals surface area contributed by atoms with Gasteiger partial charge in [-0.3, -0.25) is 0 Å². The molecule has 0 aliphatic rings. The van der Waals surface area contributed by atoms with Gasteiger partial charge in [0.2, 0.25) is 9.84 Å². The number of nitrogens with zero attached hydrogens (tertiary/aromatic N) is 1. The summed E-state index contributed by atoms with van der Waals surface area (Å²) in [5, 5.41) is 9.54. The minimum atomic E-state index is -3.92. The van der Waals surface area contributed by atoms with Crippen molar-refractivity contribution in [2.45, 2.75) is 44.6 Å². The van der Waals surface area contributed by atoms with Crippen LogP contribution in [0.25, 0.3) is 6.08 Å². The van der Waals surface area contributed by atoms with E-state index in [0.717, 1.165) is 5.56 Å². The molecule has 0 fully saturated rings. The van der Waals surface area contributed by atoms with Crippen molar-refractivity contribution in [3.05, 3.63) is 94.4 Å². The summed E-state index contributed by atoms with van der Waals surface area (Å²) < 4.78 is 37.4. The van der Waals surface area contributed by atoms with Gasteiger partial charge in [-0.05, 0) is 59.4 Å². The Morgan fingerprint density at radius 1 is 0.941 bits per heavy atom. The molecule has 0 N–H and O–H groups in total. The van der Waals surface area contributed by atoms with Gasteiger partial charge in [-0.25, -0.2) is 8.42 Å². The van der Waals surface area contributed by atoms with Crippen molar-refractivity contribution in [1.29, 1.82) is 5.26 Å².